The smallest absolute Gasteiger partial charge is 0.271 e. The maximum atomic E-state index is 12.7. The monoisotopic (exact) mass is 444 g/mol. The second kappa shape index (κ2) is 10.8. The van der Waals surface area contributed by atoms with Crippen LogP contribution in [0.3, 0.4) is 0 Å². The highest BCUT2D eigenvalue weighted by atomic mass is 16.5. The van der Waals surface area contributed by atoms with Crippen LogP contribution in [-0.4, -0.2) is 34.8 Å². The number of aliphatic hydroxyl groups is 1. The first-order valence-electron chi connectivity index (χ1n) is 11.3. The minimum atomic E-state index is -0.419. The van der Waals surface area contributed by atoms with E-state index in [4.69, 9.17) is 9.72 Å². The Morgan fingerprint density at radius 2 is 1.85 bits per heavy atom. The second-order valence-electron chi connectivity index (χ2n) is 8.32. The molecule has 7 heteroatoms. The molecule has 1 aromatic heterocycles. The Balaban J connectivity index is 1.55. The normalized spacial score (nSPS) is 14.1. The number of hydrogen-bond donors (Lipinski definition) is 2. The van der Waals surface area contributed by atoms with E-state index in [-0.39, 0.29) is 12.2 Å². The predicted molar refractivity (Wildman–Crippen MR) is 126 cm³/mol. The molecule has 2 aromatic carbocycles. The number of hydrogen-bond acceptors (Lipinski definition) is 6. The summed E-state index contributed by atoms with van der Waals surface area (Å²) in [4.78, 5) is 22.2. The summed E-state index contributed by atoms with van der Waals surface area (Å²) in [6.45, 7) is 2.06. The van der Waals surface area contributed by atoms with Crippen molar-refractivity contribution < 1.29 is 9.84 Å². The number of aliphatic hydroxyl groups excluding tert-OH is 1. The van der Waals surface area contributed by atoms with Gasteiger partial charge in [0.1, 0.15) is 24.3 Å². The lowest BCUT2D eigenvalue weighted by Gasteiger charge is -2.33. The molecule has 0 radical (unpaired) electrons. The molecule has 0 unspecified atom stereocenters. The number of piperidine rings is 1. The van der Waals surface area contributed by atoms with Gasteiger partial charge in [0, 0.05) is 31.7 Å². The fraction of sp³-hybridized carbons (Fsp3) is 0.346. The third-order valence-electron chi connectivity index (χ3n) is 6.08. The Morgan fingerprint density at radius 1 is 1.12 bits per heavy atom. The summed E-state index contributed by atoms with van der Waals surface area (Å²) in [5.41, 5.74) is 1.61. The van der Waals surface area contributed by atoms with Gasteiger partial charge in [-0.2, -0.15) is 5.26 Å². The number of nitriles is 1. The van der Waals surface area contributed by atoms with E-state index in [1.165, 1.54) is 0 Å². The van der Waals surface area contributed by atoms with Crippen molar-refractivity contribution in [1.29, 1.82) is 5.26 Å². The van der Waals surface area contributed by atoms with Crippen LogP contribution >= 0.6 is 0 Å². The van der Waals surface area contributed by atoms with Crippen molar-refractivity contribution in [2.75, 3.05) is 24.6 Å². The van der Waals surface area contributed by atoms with E-state index in [0.29, 0.717) is 43.7 Å². The van der Waals surface area contributed by atoms with Crippen LogP contribution in [0.2, 0.25) is 0 Å². The zero-order chi connectivity index (χ0) is 23.0. The topological polar surface area (TPSA) is 102 Å². The third kappa shape index (κ3) is 5.60. The van der Waals surface area contributed by atoms with Gasteiger partial charge in [-0.25, -0.2) is 4.98 Å². The third-order valence-corrected chi connectivity index (χ3v) is 6.08. The summed E-state index contributed by atoms with van der Waals surface area (Å²) in [6.07, 6.45) is 2.99. The summed E-state index contributed by atoms with van der Waals surface area (Å²) >= 11 is 0. The average Bonchev–Trinajstić information content (AvgIpc) is 2.84. The number of nitrogens with one attached hydrogen (secondary N) is 1. The Kier molecular flexibility index (Phi) is 7.38. The standard InChI is InChI=1S/C26H28N4O3/c27-17-22-25(30-13-10-19(11-14-30)12-15-31)28-24(29-26(22)32)16-21-8-4-5-9-23(21)33-18-20-6-2-1-3-7-20/h1-9,19,31H,10-16,18H2,(H,28,29,32). The zero-order valence-corrected chi connectivity index (χ0v) is 18.5. The molecular formula is C26H28N4O3. The van der Waals surface area contributed by atoms with Gasteiger partial charge in [0.2, 0.25) is 0 Å². The summed E-state index contributed by atoms with van der Waals surface area (Å²) < 4.78 is 6.05. The van der Waals surface area contributed by atoms with Gasteiger partial charge in [-0.3, -0.25) is 4.79 Å². The molecule has 0 atom stereocenters. The number of aromatic amines is 1. The van der Waals surface area contributed by atoms with E-state index in [9.17, 15) is 15.2 Å². The van der Waals surface area contributed by atoms with Gasteiger partial charge in [-0.1, -0.05) is 48.5 Å². The molecule has 0 aliphatic carbocycles. The lowest BCUT2D eigenvalue weighted by atomic mass is 9.94. The largest absolute Gasteiger partial charge is 0.489 e. The van der Waals surface area contributed by atoms with Crippen molar-refractivity contribution in [3.63, 3.8) is 0 Å². The predicted octanol–water partition coefficient (Wildman–Crippen LogP) is 3.41. The summed E-state index contributed by atoms with van der Waals surface area (Å²) in [6, 6.07) is 19.7. The van der Waals surface area contributed by atoms with E-state index in [2.05, 4.69) is 4.98 Å². The molecule has 3 aromatic rings. The molecule has 0 bridgehead atoms. The number of ether oxygens (including phenoxy) is 1. The lowest BCUT2D eigenvalue weighted by Crippen LogP contribution is -2.36. The van der Waals surface area contributed by atoms with Crippen LogP contribution < -0.4 is 15.2 Å². The molecular weight excluding hydrogens is 416 g/mol. The molecule has 4 rings (SSSR count). The number of rotatable bonds is 8. The molecule has 2 heterocycles. The van der Waals surface area contributed by atoms with Crippen molar-refractivity contribution in [3.8, 4) is 11.8 Å². The molecule has 1 fully saturated rings. The molecule has 0 saturated carbocycles. The van der Waals surface area contributed by atoms with E-state index < -0.39 is 5.56 Å². The molecule has 33 heavy (non-hydrogen) atoms. The lowest BCUT2D eigenvalue weighted by molar-refractivity contribution is 0.240. The quantitative estimate of drug-likeness (QED) is 0.552. The Morgan fingerprint density at radius 3 is 2.58 bits per heavy atom. The van der Waals surface area contributed by atoms with E-state index in [1.54, 1.807) is 0 Å². The first kappa shape index (κ1) is 22.6. The highest BCUT2D eigenvalue weighted by Crippen LogP contribution is 2.26. The van der Waals surface area contributed by atoms with Crippen molar-refractivity contribution in [2.24, 2.45) is 5.92 Å². The maximum Gasteiger partial charge on any atom is 0.271 e. The molecule has 2 N–H and O–H groups in total. The van der Waals surface area contributed by atoms with Crippen LogP contribution in [0.25, 0.3) is 0 Å². The summed E-state index contributed by atoms with van der Waals surface area (Å²) in [7, 11) is 0. The van der Waals surface area contributed by atoms with Crippen LogP contribution in [0, 0.1) is 17.2 Å². The van der Waals surface area contributed by atoms with E-state index in [1.807, 2.05) is 65.6 Å². The fourth-order valence-electron chi connectivity index (χ4n) is 4.24. The van der Waals surface area contributed by atoms with Gasteiger partial charge in [0.05, 0.1) is 0 Å². The molecule has 1 aliphatic heterocycles. The van der Waals surface area contributed by atoms with Gasteiger partial charge < -0.3 is 19.7 Å². The highest BCUT2D eigenvalue weighted by Gasteiger charge is 2.24. The Bertz CT molecular complexity index is 1160. The Labute approximate surface area is 193 Å². The molecule has 1 saturated heterocycles. The van der Waals surface area contributed by atoms with Gasteiger partial charge >= 0.3 is 0 Å². The summed E-state index contributed by atoms with van der Waals surface area (Å²) in [5, 5.41) is 18.8. The van der Waals surface area contributed by atoms with Gasteiger partial charge in [0.25, 0.3) is 5.56 Å². The van der Waals surface area contributed by atoms with Crippen molar-refractivity contribution in [1.82, 2.24) is 9.97 Å². The SMILES string of the molecule is N#Cc1c(N2CCC(CCO)CC2)nc(Cc2ccccc2OCc2ccccc2)[nH]c1=O. The summed E-state index contributed by atoms with van der Waals surface area (Å²) in [5.74, 6) is 2.15. The van der Waals surface area contributed by atoms with E-state index in [0.717, 1.165) is 36.1 Å². The van der Waals surface area contributed by atoms with Gasteiger partial charge in [-0.05, 0) is 36.8 Å². The number of aromatic nitrogens is 2. The zero-order valence-electron chi connectivity index (χ0n) is 18.5. The first-order valence-corrected chi connectivity index (χ1v) is 11.3. The number of nitrogens with zero attached hydrogens (tertiary/aromatic N) is 3. The van der Waals surface area contributed by atoms with Crippen LogP contribution in [0.4, 0.5) is 5.82 Å². The van der Waals surface area contributed by atoms with Gasteiger partial charge in [0.15, 0.2) is 11.4 Å². The number of H-pyrrole nitrogens is 1. The average molecular weight is 445 g/mol. The number of para-hydroxylation sites is 1. The first-order chi connectivity index (χ1) is 16.2. The minimum Gasteiger partial charge on any atom is -0.489 e. The van der Waals surface area contributed by atoms with Gasteiger partial charge in [-0.15, -0.1) is 0 Å². The van der Waals surface area contributed by atoms with Crippen LogP contribution in [0.15, 0.2) is 59.4 Å². The molecule has 0 amide bonds. The number of anilines is 1. The maximum absolute atomic E-state index is 12.7. The molecule has 170 valence electrons. The molecule has 7 nitrogen and oxygen atoms in total. The highest BCUT2D eigenvalue weighted by molar-refractivity contribution is 5.53. The van der Waals surface area contributed by atoms with E-state index >= 15 is 0 Å². The number of benzene rings is 2. The molecule has 1 aliphatic rings. The van der Waals surface area contributed by atoms with Crippen molar-refractivity contribution >= 4 is 5.82 Å². The Hall–Kier alpha value is -3.63. The van der Waals surface area contributed by atoms with Crippen molar-refractivity contribution in [3.05, 3.63) is 87.5 Å². The second-order valence-corrected chi connectivity index (χ2v) is 8.32. The molecule has 0 spiro atoms. The van der Waals surface area contributed by atoms with Crippen LogP contribution in [0.5, 0.6) is 5.75 Å². The van der Waals surface area contributed by atoms with Crippen LogP contribution in [-0.2, 0) is 13.0 Å². The van der Waals surface area contributed by atoms with Crippen molar-refractivity contribution in [2.45, 2.75) is 32.3 Å². The minimum absolute atomic E-state index is 0.0490. The fourth-order valence-corrected chi connectivity index (χ4v) is 4.24. The van der Waals surface area contributed by atoms with Crippen LogP contribution in [0.1, 0.15) is 41.8 Å².